The summed E-state index contributed by atoms with van der Waals surface area (Å²) in [6.45, 7) is 4.77. The summed E-state index contributed by atoms with van der Waals surface area (Å²) in [6, 6.07) is 8.09. The van der Waals surface area contributed by atoms with Crippen LogP contribution in [-0.2, 0) is 9.59 Å². The fraction of sp³-hybridized carbons (Fsp3) is 0.529. The number of nitrogens with zero attached hydrogens (tertiary/aromatic N) is 1. The Bertz CT molecular complexity index is 605. The molecule has 2 fully saturated rings. The van der Waals surface area contributed by atoms with Crippen molar-refractivity contribution in [2.24, 2.45) is 0 Å². The van der Waals surface area contributed by atoms with Crippen LogP contribution in [0, 0.1) is 6.92 Å². The molecule has 1 aromatic rings. The number of nitrogens with one attached hydrogen (secondary N) is 1. The van der Waals surface area contributed by atoms with Crippen molar-refractivity contribution >= 4 is 35.3 Å². The summed E-state index contributed by atoms with van der Waals surface area (Å²) < 4.78 is 0. The molecule has 1 N–H and O–H groups in total. The smallest absolute Gasteiger partial charge is 0.243 e. The number of hydrogen-bond acceptors (Lipinski definition) is 4. The molecule has 2 aliphatic rings. The van der Waals surface area contributed by atoms with Crippen molar-refractivity contribution in [1.82, 2.24) is 10.2 Å². The van der Waals surface area contributed by atoms with Crippen LogP contribution in [0.2, 0.25) is 0 Å². The number of thioether (sulfide) groups is 2. The number of amides is 2. The maximum absolute atomic E-state index is 12.4. The zero-order valence-corrected chi connectivity index (χ0v) is 15.1. The Labute approximate surface area is 145 Å². The first-order chi connectivity index (χ1) is 11.0. The lowest BCUT2D eigenvalue weighted by atomic mass is 10.2. The van der Waals surface area contributed by atoms with Crippen molar-refractivity contribution in [3.63, 3.8) is 0 Å². The molecule has 4 nitrogen and oxygen atoms in total. The minimum Gasteiger partial charge on any atom is -0.353 e. The van der Waals surface area contributed by atoms with E-state index in [4.69, 9.17) is 0 Å². The van der Waals surface area contributed by atoms with E-state index in [0.717, 1.165) is 12.2 Å². The Morgan fingerprint density at radius 3 is 2.91 bits per heavy atom. The monoisotopic (exact) mass is 350 g/mol. The maximum Gasteiger partial charge on any atom is 0.243 e. The summed E-state index contributed by atoms with van der Waals surface area (Å²) in [7, 11) is 0. The van der Waals surface area contributed by atoms with Gasteiger partial charge < -0.3 is 10.2 Å². The lowest BCUT2D eigenvalue weighted by Crippen LogP contribution is -2.50. The van der Waals surface area contributed by atoms with Crippen molar-refractivity contribution in [3.05, 3.63) is 29.8 Å². The predicted octanol–water partition coefficient (Wildman–Crippen LogP) is 2.66. The van der Waals surface area contributed by atoms with E-state index in [1.807, 2.05) is 0 Å². The second kappa shape index (κ2) is 6.77. The van der Waals surface area contributed by atoms with Crippen molar-refractivity contribution in [1.29, 1.82) is 0 Å². The molecule has 0 radical (unpaired) electrons. The molecule has 2 heterocycles. The summed E-state index contributed by atoms with van der Waals surface area (Å²) in [4.78, 5) is 27.3. The highest BCUT2D eigenvalue weighted by Gasteiger charge is 2.52. The van der Waals surface area contributed by atoms with E-state index in [1.54, 1.807) is 28.4 Å². The van der Waals surface area contributed by atoms with Crippen molar-refractivity contribution < 1.29 is 9.59 Å². The van der Waals surface area contributed by atoms with E-state index in [9.17, 15) is 9.59 Å². The molecule has 2 saturated heterocycles. The van der Waals surface area contributed by atoms with Crippen LogP contribution in [0.25, 0.3) is 0 Å². The first-order valence-electron chi connectivity index (χ1n) is 7.93. The maximum atomic E-state index is 12.4. The molecule has 2 unspecified atom stereocenters. The summed E-state index contributed by atoms with van der Waals surface area (Å²) >= 11 is 3.46. The van der Waals surface area contributed by atoms with Gasteiger partial charge in [0.2, 0.25) is 11.8 Å². The largest absolute Gasteiger partial charge is 0.353 e. The Morgan fingerprint density at radius 1 is 1.43 bits per heavy atom. The molecule has 2 amide bonds. The molecule has 0 aliphatic carbocycles. The molecular formula is C17H22N2O2S2. The summed E-state index contributed by atoms with van der Waals surface area (Å²) in [5, 5.41) is 2.99. The fourth-order valence-corrected chi connectivity index (χ4v) is 5.31. The van der Waals surface area contributed by atoms with Crippen LogP contribution in [0.1, 0.15) is 25.3 Å². The van der Waals surface area contributed by atoms with Crippen LogP contribution in [-0.4, -0.2) is 45.7 Å². The lowest BCUT2D eigenvalue weighted by molar-refractivity contribution is -0.137. The first-order valence-corrected chi connectivity index (χ1v) is 9.90. The van der Waals surface area contributed by atoms with E-state index < -0.39 is 0 Å². The average molecular weight is 351 g/mol. The second-order valence-electron chi connectivity index (χ2n) is 6.22. The van der Waals surface area contributed by atoms with Gasteiger partial charge in [0, 0.05) is 29.4 Å². The third-order valence-corrected chi connectivity index (χ3v) is 6.96. The van der Waals surface area contributed by atoms with Crippen LogP contribution >= 0.6 is 23.5 Å². The van der Waals surface area contributed by atoms with Gasteiger partial charge in [-0.3, -0.25) is 9.59 Å². The first kappa shape index (κ1) is 16.7. The van der Waals surface area contributed by atoms with Crippen LogP contribution in [0.3, 0.4) is 0 Å². The highest BCUT2D eigenvalue weighted by atomic mass is 32.2. The Morgan fingerprint density at radius 2 is 2.17 bits per heavy atom. The third kappa shape index (κ3) is 3.53. The summed E-state index contributed by atoms with van der Waals surface area (Å²) in [6.07, 6.45) is 1.42. The molecule has 1 aromatic carbocycles. The molecule has 124 valence electrons. The van der Waals surface area contributed by atoms with Gasteiger partial charge in [-0.2, -0.15) is 0 Å². The quantitative estimate of drug-likeness (QED) is 0.655. The van der Waals surface area contributed by atoms with Gasteiger partial charge in [0.25, 0.3) is 0 Å². The van der Waals surface area contributed by atoms with Gasteiger partial charge in [-0.05, 0) is 32.4 Å². The van der Waals surface area contributed by atoms with Gasteiger partial charge in [-0.15, -0.1) is 23.5 Å². The number of carbonyl (C=O) groups is 2. The van der Waals surface area contributed by atoms with Crippen LogP contribution < -0.4 is 5.32 Å². The van der Waals surface area contributed by atoms with Gasteiger partial charge >= 0.3 is 0 Å². The van der Waals surface area contributed by atoms with Gasteiger partial charge in [0.05, 0.1) is 4.87 Å². The van der Waals surface area contributed by atoms with Gasteiger partial charge in [-0.1, -0.05) is 17.7 Å². The number of carbonyl (C=O) groups excluding carboxylic acids is 2. The SMILES string of the molecule is Cc1ccc(SCCNC(=O)C2CSC3(C)CCC(=O)N23)cc1. The van der Waals surface area contributed by atoms with Crippen LogP contribution in [0.4, 0.5) is 0 Å². The van der Waals surface area contributed by atoms with E-state index in [-0.39, 0.29) is 22.7 Å². The third-order valence-electron chi connectivity index (χ3n) is 4.44. The molecule has 3 rings (SSSR count). The number of fused-ring (bicyclic) bond motifs is 1. The van der Waals surface area contributed by atoms with Gasteiger partial charge in [-0.25, -0.2) is 0 Å². The van der Waals surface area contributed by atoms with E-state index in [2.05, 4.69) is 43.4 Å². The predicted molar refractivity (Wildman–Crippen MR) is 95.6 cm³/mol. The summed E-state index contributed by atoms with van der Waals surface area (Å²) in [5.41, 5.74) is 1.25. The van der Waals surface area contributed by atoms with E-state index in [0.29, 0.717) is 18.7 Å². The average Bonchev–Trinajstić information content (AvgIpc) is 3.02. The molecular weight excluding hydrogens is 328 g/mol. The molecule has 6 heteroatoms. The molecule has 2 atom stereocenters. The topological polar surface area (TPSA) is 49.4 Å². The summed E-state index contributed by atoms with van der Waals surface area (Å²) in [5.74, 6) is 1.65. The minimum atomic E-state index is -0.302. The highest BCUT2D eigenvalue weighted by Crippen LogP contribution is 2.47. The molecule has 0 bridgehead atoms. The van der Waals surface area contributed by atoms with Crippen LogP contribution in [0.15, 0.2) is 29.2 Å². The van der Waals surface area contributed by atoms with E-state index >= 15 is 0 Å². The highest BCUT2D eigenvalue weighted by molar-refractivity contribution is 8.01. The van der Waals surface area contributed by atoms with Crippen molar-refractivity contribution in [3.8, 4) is 0 Å². The number of benzene rings is 1. The van der Waals surface area contributed by atoms with Gasteiger partial charge in [0.1, 0.15) is 6.04 Å². The molecule has 0 saturated carbocycles. The minimum absolute atomic E-state index is 0.0130. The lowest BCUT2D eigenvalue weighted by Gasteiger charge is -2.29. The van der Waals surface area contributed by atoms with Crippen molar-refractivity contribution in [2.75, 3.05) is 18.1 Å². The molecule has 0 aromatic heterocycles. The Balaban J connectivity index is 1.46. The standard InChI is InChI=1S/C17H22N2O2S2/c1-12-3-5-13(6-4-12)22-10-9-18-16(21)14-11-23-17(2)8-7-15(20)19(14)17/h3-6,14H,7-11H2,1-2H3,(H,18,21). The number of rotatable bonds is 5. The molecule has 0 spiro atoms. The van der Waals surface area contributed by atoms with Crippen LogP contribution in [0.5, 0.6) is 0 Å². The Kier molecular flexibility index (Phi) is 4.92. The van der Waals surface area contributed by atoms with E-state index in [1.165, 1.54) is 10.5 Å². The zero-order chi connectivity index (χ0) is 16.4. The normalized spacial score (nSPS) is 26.4. The molecule has 23 heavy (non-hydrogen) atoms. The van der Waals surface area contributed by atoms with Crippen molar-refractivity contribution in [2.45, 2.75) is 42.5 Å². The number of hydrogen-bond donors (Lipinski definition) is 1. The molecule has 2 aliphatic heterocycles. The van der Waals surface area contributed by atoms with Gasteiger partial charge in [0.15, 0.2) is 0 Å². The number of aryl methyl sites for hydroxylation is 1. The fourth-order valence-electron chi connectivity index (χ4n) is 3.11. The second-order valence-corrected chi connectivity index (χ2v) is 8.89. The zero-order valence-electron chi connectivity index (χ0n) is 13.5. The Hall–Kier alpha value is -1.14.